The van der Waals surface area contributed by atoms with Crippen LogP contribution in [0.4, 0.5) is 5.69 Å². The maximum absolute atomic E-state index is 11.9. The SMILES string of the molecule is CN(CCO)CCCC(=O)Nc1cccc(C(C)(C)C)c1. The second-order valence-corrected chi connectivity index (χ2v) is 6.51. The van der Waals surface area contributed by atoms with E-state index in [0.717, 1.165) is 18.7 Å². The van der Waals surface area contributed by atoms with E-state index in [2.05, 4.69) is 32.2 Å². The van der Waals surface area contributed by atoms with E-state index in [1.54, 1.807) is 0 Å². The van der Waals surface area contributed by atoms with E-state index in [0.29, 0.717) is 13.0 Å². The maximum atomic E-state index is 11.9. The fourth-order valence-electron chi connectivity index (χ4n) is 2.08. The Labute approximate surface area is 128 Å². The molecular weight excluding hydrogens is 264 g/mol. The summed E-state index contributed by atoms with van der Waals surface area (Å²) in [5.41, 5.74) is 2.15. The van der Waals surface area contributed by atoms with Crippen molar-refractivity contribution in [1.29, 1.82) is 0 Å². The quantitative estimate of drug-likeness (QED) is 0.812. The van der Waals surface area contributed by atoms with Crippen LogP contribution in [0, 0.1) is 0 Å². The van der Waals surface area contributed by atoms with Gasteiger partial charge in [-0.1, -0.05) is 32.9 Å². The second kappa shape index (κ2) is 8.15. The molecule has 0 heterocycles. The summed E-state index contributed by atoms with van der Waals surface area (Å²) in [5, 5.41) is 11.8. The van der Waals surface area contributed by atoms with Crippen molar-refractivity contribution in [3.8, 4) is 0 Å². The minimum atomic E-state index is 0.0402. The first-order chi connectivity index (χ1) is 9.82. The van der Waals surface area contributed by atoms with E-state index in [9.17, 15) is 4.79 Å². The largest absolute Gasteiger partial charge is 0.395 e. The molecule has 1 aromatic carbocycles. The molecule has 118 valence electrons. The number of carbonyl (C=O) groups is 1. The number of likely N-dealkylation sites (N-methyl/N-ethyl adjacent to an activating group) is 1. The van der Waals surface area contributed by atoms with E-state index >= 15 is 0 Å². The summed E-state index contributed by atoms with van der Waals surface area (Å²) in [4.78, 5) is 14.0. The minimum Gasteiger partial charge on any atom is -0.395 e. The van der Waals surface area contributed by atoms with Gasteiger partial charge in [0.05, 0.1) is 6.61 Å². The number of amides is 1. The van der Waals surface area contributed by atoms with E-state index in [1.165, 1.54) is 5.56 Å². The fraction of sp³-hybridized carbons (Fsp3) is 0.588. The fourth-order valence-corrected chi connectivity index (χ4v) is 2.08. The van der Waals surface area contributed by atoms with Crippen LogP contribution in [-0.4, -0.2) is 42.7 Å². The standard InChI is InChI=1S/C17H28N2O2/c1-17(2,3)14-7-5-8-15(13-14)18-16(21)9-6-10-19(4)11-12-20/h5,7-8,13,20H,6,9-12H2,1-4H3,(H,18,21). The predicted octanol–water partition coefficient (Wildman–Crippen LogP) is 2.63. The molecule has 1 aromatic rings. The van der Waals surface area contributed by atoms with Gasteiger partial charge < -0.3 is 15.3 Å². The van der Waals surface area contributed by atoms with Gasteiger partial charge >= 0.3 is 0 Å². The number of nitrogens with one attached hydrogen (secondary N) is 1. The first-order valence-corrected chi connectivity index (χ1v) is 7.52. The highest BCUT2D eigenvalue weighted by Gasteiger charge is 2.14. The van der Waals surface area contributed by atoms with Crippen LogP contribution in [0.25, 0.3) is 0 Å². The summed E-state index contributed by atoms with van der Waals surface area (Å²) in [7, 11) is 1.95. The molecule has 0 saturated carbocycles. The zero-order valence-corrected chi connectivity index (χ0v) is 13.6. The van der Waals surface area contributed by atoms with Crippen molar-refractivity contribution in [3.05, 3.63) is 29.8 Å². The molecule has 0 atom stereocenters. The number of hydrogen-bond donors (Lipinski definition) is 2. The van der Waals surface area contributed by atoms with E-state index in [1.807, 2.05) is 30.1 Å². The number of nitrogens with zero attached hydrogens (tertiary/aromatic N) is 1. The van der Waals surface area contributed by atoms with Gasteiger partial charge in [0.25, 0.3) is 0 Å². The summed E-state index contributed by atoms with van der Waals surface area (Å²) >= 11 is 0. The first kappa shape index (κ1) is 17.7. The van der Waals surface area contributed by atoms with E-state index < -0.39 is 0 Å². The van der Waals surface area contributed by atoms with Gasteiger partial charge in [0.15, 0.2) is 0 Å². The van der Waals surface area contributed by atoms with Crippen molar-refractivity contribution < 1.29 is 9.90 Å². The van der Waals surface area contributed by atoms with Crippen LogP contribution in [-0.2, 0) is 10.2 Å². The Bertz CT molecular complexity index is 452. The summed E-state index contributed by atoms with van der Waals surface area (Å²) in [6, 6.07) is 8.02. The van der Waals surface area contributed by atoms with Crippen LogP contribution >= 0.6 is 0 Å². The molecule has 0 aliphatic heterocycles. The molecule has 1 amide bonds. The van der Waals surface area contributed by atoms with Gasteiger partial charge in [0, 0.05) is 18.7 Å². The average molecular weight is 292 g/mol. The molecule has 0 bridgehead atoms. The third kappa shape index (κ3) is 6.74. The summed E-state index contributed by atoms with van der Waals surface area (Å²) in [6.45, 7) is 8.09. The smallest absolute Gasteiger partial charge is 0.224 e. The predicted molar refractivity (Wildman–Crippen MR) is 87.6 cm³/mol. The summed E-state index contributed by atoms with van der Waals surface area (Å²) < 4.78 is 0. The van der Waals surface area contributed by atoms with Gasteiger partial charge in [0.1, 0.15) is 0 Å². The molecule has 0 radical (unpaired) electrons. The van der Waals surface area contributed by atoms with Crippen molar-refractivity contribution in [2.45, 2.75) is 39.0 Å². The zero-order valence-electron chi connectivity index (χ0n) is 13.6. The van der Waals surface area contributed by atoms with Crippen LogP contribution < -0.4 is 5.32 Å². The van der Waals surface area contributed by atoms with Gasteiger partial charge in [-0.3, -0.25) is 4.79 Å². The number of rotatable bonds is 7. The highest BCUT2D eigenvalue weighted by atomic mass is 16.3. The lowest BCUT2D eigenvalue weighted by Gasteiger charge is -2.20. The van der Waals surface area contributed by atoms with Gasteiger partial charge in [-0.2, -0.15) is 0 Å². The summed E-state index contributed by atoms with van der Waals surface area (Å²) in [5.74, 6) is 0.0402. The molecule has 0 aliphatic rings. The molecule has 0 saturated heterocycles. The van der Waals surface area contributed by atoms with Crippen molar-refractivity contribution in [1.82, 2.24) is 4.90 Å². The number of anilines is 1. The van der Waals surface area contributed by atoms with Crippen molar-refractivity contribution >= 4 is 11.6 Å². The monoisotopic (exact) mass is 292 g/mol. The molecule has 0 unspecified atom stereocenters. The van der Waals surface area contributed by atoms with E-state index in [-0.39, 0.29) is 17.9 Å². The molecular formula is C17H28N2O2. The number of aliphatic hydroxyl groups excluding tert-OH is 1. The van der Waals surface area contributed by atoms with Crippen LogP contribution in [0.3, 0.4) is 0 Å². The highest BCUT2D eigenvalue weighted by Crippen LogP contribution is 2.24. The Morgan fingerprint density at radius 2 is 2.00 bits per heavy atom. The molecule has 0 aromatic heterocycles. The summed E-state index contributed by atoms with van der Waals surface area (Å²) in [6.07, 6.45) is 1.29. The third-order valence-corrected chi connectivity index (χ3v) is 3.44. The molecule has 4 heteroatoms. The van der Waals surface area contributed by atoms with Crippen LogP contribution in [0.2, 0.25) is 0 Å². The van der Waals surface area contributed by atoms with Gasteiger partial charge in [-0.15, -0.1) is 0 Å². The first-order valence-electron chi connectivity index (χ1n) is 7.52. The lowest BCUT2D eigenvalue weighted by molar-refractivity contribution is -0.116. The Morgan fingerprint density at radius 3 is 2.62 bits per heavy atom. The Hall–Kier alpha value is -1.39. The van der Waals surface area contributed by atoms with Crippen LogP contribution in [0.5, 0.6) is 0 Å². The van der Waals surface area contributed by atoms with Gasteiger partial charge in [-0.25, -0.2) is 0 Å². The Morgan fingerprint density at radius 1 is 1.29 bits per heavy atom. The Balaban J connectivity index is 2.45. The number of hydrogen-bond acceptors (Lipinski definition) is 3. The van der Waals surface area contributed by atoms with Crippen molar-refractivity contribution in [2.75, 3.05) is 32.1 Å². The zero-order chi connectivity index (χ0) is 15.9. The third-order valence-electron chi connectivity index (χ3n) is 3.44. The molecule has 0 spiro atoms. The molecule has 0 fully saturated rings. The lowest BCUT2D eigenvalue weighted by atomic mass is 9.87. The van der Waals surface area contributed by atoms with Crippen LogP contribution in [0.1, 0.15) is 39.2 Å². The molecule has 2 N–H and O–H groups in total. The van der Waals surface area contributed by atoms with E-state index in [4.69, 9.17) is 5.11 Å². The van der Waals surface area contributed by atoms with Crippen LogP contribution in [0.15, 0.2) is 24.3 Å². The maximum Gasteiger partial charge on any atom is 0.224 e. The molecule has 0 aliphatic carbocycles. The Kier molecular flexibility index (Phi) is 6.85. The van der Waals surface area contributed by atoms with Crippen molar-refractivity contribution in [3.63, 3.8) is 0 Å². The number of benzene rings is 1. The highest BCUT2D eigenvalue weighted by molar-refractivity contribution is 5.90. The topological polar surface area (TPSA) is 52.6 Å². The minimum absolute atomic E-state index is 0.0402. The lowest BCUT2D eigenvalue weighted by Crippen LogP contribution is -2.24. The second-order valence-electron chi connectivity index (χ2n) is 6.51. The molecule has 21 heavy (non-hydrogen) atoms. The normalized spacial score (nSPS) is 11.7. The van der Waals surface area contributed by atoms with Gasteiger partial charge in [0.2, 0.25) is 5.91 Å². The van der Waals surface area contributed by atoms with Crippen molar-refractivity contribution in [2.24, 2.45) is 0 Å². The van der Waals surface area contributed by atoms with Gasteiger partial charge in [-0.05, 0) is 43.1 Å². The number of carbonyl (C=O) groups excluding carboxylic acids is 1. The number of aliphatic hydroxyl groups is 1. The average Bonchev–Trinajstić information content (AvgIpc) is 2.38. The molecule has 4 nitrogen and oxygen atoms in total. The molecule has 1 rings (SSSR count).